The fourth-order valence-corrected chi connectivity index (χ4v) is 6.76. The molecule has 3 aromatic rings. The molecule has 0 aromatic heterocycles. The summed E-state index contributed by atoms with van der Waals surface area (Å²) in [7, 11) is -0.0386. The molecule has 0 N–H and O–H groups in total. The third-order valence-corrected chi connectivity index (χ3v) is 8.89. The molecule has 5 rings (SSSR count). The van der Waals surface area contributed by atoms with Gasteiger partial charge in [0.05, 0.1) is 11.7 Å². The smallest absolute Gasteiger partial charge is 0.215 e. The van der Waals surface area contributed by atoms with E-state index in [9.17, 15) is 0 Å². The van der Waals surface area contributed by atoms with E-state index in [1.54, 1.807) is 0 Å². The van der Waals surface area contributed by atoms with E-state index in [2.05, 4.69) is 63.2 Å². The van der Waals surface area contributed by atoms with Crippen molar-refractivity contribution in [3.63, 3.8) is 0 Å². The highest BCUT2D eigenvalue weighted by atomic mass is 31.1. The highest BCUT2D eigenvalue weighted by Gasteiger charge is 2.32. The Labute approximate surface area is 219 Å². The minimum absolute atomic E-state index is 0.00607. The Balaban J connectivity index is 1.34. The quantitative estimate of drug-likeness (QED) is 0.276. The fourth-order valence-electron chi connectivity index (χ4n) is 5.42. The van der Waals surface area contributed by atoms with Crippen molar-refractivity contribution >= 4 is 28.8 Å². The topological polar surface area (TPSA) is 36.9 Å². The monoisotopic (exact) mass is 524 g/mol. The number of fused-ring (bicyclic) bond motifs is 2. The van der Waals surface area contributed by atoms with Crippen LogP contribution in [0.5, 0.6) is 11.5 Å². The lowest BCUT2D eigenvalue weighted by Crippen LogP contribution is -2.25. The lowest BCUT2D eigenvalue weighted by Gasteiger charge is -2.34. The van der Waals surface area contributed by atoms with Gasteiger partial charge in [-0.15, -0.1) is 0 Å². The summed E-state index contributed by atoms with van der Waals surface area (Å²) in [6.45, 7) is 6.23. The Morgan fingerprint density at radius 2 is 1.58 bits per heavy atom. The van der Waals surface area contributed by atoms with E-state index in [1.165, 1.54) is 47.8 Å². The first-order valence-electron chi connectivity index (χ1n) is 13.3. The number of benzene rings is 3. The van der Waals surface area contributed by atoms with Gasteiger partial charge in [0.15, 0.2) is 0 Å². The maximum absolute atomic E-state index is 6.48. The first-order chi connectivity index (χ1) is 17.5. The van der Waals surface area contributed by atoms with Gasteiger partial charge in [0.1, 0.15) is 11.5 Å². The van der Waals surface area contributed by atoms with Gasteiger partial charge >= 0.3 is 0 Å². The highest BCUT2D eigenvalue weighted by molar-refractivity contribution is 7.27. The van der Waals surface area contributed by atoms with Crippen molar-refractivity contribution in [1.82, 2.24) is 0 Å². The molecule has 2 aliphatic carbocycles. The Morgan fingerprint density at radius 3 is 2.47 bits per heavy atom. The number of aryl methyl sites for hydroxylation is 1. The van der Waals surface area contributed by atoms with Crippen LogP contribution in [-0.2, 0) is 21.9 Å². The van der Waals surface area contributed by atoms with Gasteiger partial charge in [-0.3, -0.25) is 0 Å². The second-order valence-corrected chi connectivity index (χ2v) is 12.1. The molecular formula is C30H38O4P2. The zero-order chi connectivity index (χ0) is 25.0. The summed E-state index contributed by atoms with van der Waals surface area (Å²) in [5, 5.41) is 2.31. The van der Waals surface area contributed by atoms with Crippen LogP contribution < -0.4 is 9.05 Å². The van der Waals surface area contributed by atoms with Crippen LogP contribution in [0, 0.1) is 0 Å². The molecule has 0 amide bonds. The predicted octanol–water partition coefficient (Wildman–Crippen LogP) is 9.05. The molecule has 3 aromatic carbocycles. The zero-order valence-corrected chi connectivity index (χ0v) is 23.6. The van der Waals surface area contributed by atoms with Crippen molar-refractivity contribution in [1.29, 1.82) is 0 Å². The van der Waals surface area contributed by atoms with Crippen LogP contribution in [0.15, 0.2) is 54.6 Å². The first-order valence-corrected chi connectivity index (χ1v) is 14.9. The van der Waals surface area contributed by atoms with Crippen LogP contribution in [-0.4, -0.2) is 11.7 Å². The van der Waals surface area contributed by atoms with E-state index in [0.29, 0.717) is 5.92 Å². The molecule has 2 aliphatic rings. The Hall–Kier alpha value is -1.70. The lowest BCUT2D eigenvalue weighted by atomic mass is 9.79. The van der Waals surface area contributed by atoms with E-state index < -0.39 is 0 Å². The van der Waals surface area contributed by atoms with Crippen LogP contribution in [0.1, 0.15) is 81.9 Å². The van der Waals surface area contributed by atoms with Gasteiger partial charge in [0.25, 0.3) is 0 Å². The van der Waals surface area contributed by atoms with Crippen molar-refractivity contribution in [2.24, 2.45) is 0 Å². The van der Waals surface area contributed by atoms with E-state index in [0.717, 1.165) is 42.6 Å². The fraction of sp³-hybridized carbons (Fsp3) is 0.467. The van der Waals surface area contributed by atoms with Gasteiger partial charge in [-0.1, -0.05) is 61.4 Å². The van der Waals surface area contributed by atoms with Gasteiger partial charge in [0, 0.05) is 16.9 Å². The van der Waals surface area contributed by atoms with Crippen molar-refractivity contribution in [3.05, 3.63) is 71.3 Å². The average molecular weight is 525 g/mol. The molecule has 36 heavy (non-hydrogen) atoms. The first kappa shape index (κ1) is 25.9. The summed E-state index contributed by atoms with van der Waals surface area (Å²) < 4.78 is 25.1. The third-order valence-electron chi connectivity index (χ3n) is 7.21. The minimum Gasteiger partial charge on any atom is -0.449 e. The minimum atomic E-state index is -0.218. The Bertz CT molecular complexity index is 1170. The Morgan fingerprint density at radius 1 is 0.778 bits per heavy atom. The third kappa shape index (κ3) is 6.22. The predicted molar refractivity (Wildman–Crippen MR) is 152 cm³/mol. The van der Waals surface area contributed by atoms with Crippen LogP contribution >= 0.6 is 18.1 Å². The molecular weight excluding hydrogens is 486 g/mol. The molecule has 4 atom stereocenters. The largest absolute Gasteiger partial charge is 0.449 e. The Kier molecular flexibility index (Phi) is 8.49. The van der Waals surface area contributed by atoms with Gasteiger partial charge < -0.3 is 18.1 Å². The molecule has 0 aliphatic heterocycles. The normalized spacial score (nSPS) is 20.9. The molecule has 6 heteroatoms. The maximum atomic E-state index is 6.48. The maximum Gasteiger partial charge on any atom is 0.215 e. The van der Waals surface area contributed by atoms with Gasteiger partial charge in [-0.25, -0.2) is 0 Å². The second kappa shape index (κ2) is 11.8. The summed E-state index contributed by atoms with van der Waals surface area (Å²) in [6, 6.07) is 19.2. The number of rotatable bonds is 8. The SMILES string of the molecule is CC(C)(C)OPOc1c(C2CCCCC2OPOc2cccc3ccccc23)ccc2c1CCCC2. The van der Waals surface area contributed by atoms with Crippen LogP contribution in [0.2, 0.25) is 0 Å². The average Bonchev–Trinajstić information content (AvgIpc) is 2.88. The van der Waals surface area contributed by atoms with Gasteiger partial charge in [-0.2, -0.15) is 0 Å². The standard InChI is InChI=1S/C30H38O4P2/c1-30(2,3)34-36-33-29-24-15-7-5-12-22(24)19-20-26(29)25-16-8-9-17-28(25)32-35-31-27-18-10-13-21-11-4-6-14-23(21)27/h4,6,10-11,13-14,18-20,25,28,35-36H,5,7-9,12,15-17H2,1-3H3. The molecule has 0 spiro atoms. The molecule has 192 valence electrons. The van der Waals surface area contributed by atoms with Gasteiger partial charge in [-0.05, 0) is 81.9 Å². The summed E-state index contributed by atoms with van der Waals surface area (Å²) in [5.41, 5.74) is 3.90. The molecule has 0 heterocycles. The van der Waals surface area contributed by atoms with Crippen molar-refractivity contribution in [2.45, 2.75) is 89.8 Å². The molecule has 0 bridgehead atoms. The summed E-state index contributed by atoms with van der Waals surface area (Å²) in [6.07, 6.45) is 9.40. The molecule has 4 nitrogen and oxygen atoms in total. The zero-order valence-electron chi connectivity index (χ0n) is 21.6. The second-order valence-electron chi connectivity index (χ2n) is 10.9. The van der Waals surface area contributed by atoms with Crippen molar-refractivity contribution in [2.75, 3.05) is 0 Å². The van der Waals surface area contributed by atoms with Gasteiger partial charge in [0.2, 0.25) is 18.1 Å². The van der Waals surface area contributed by atoms with E-state index in [4.69, 9.17) is 18.1 Å². The summed E-state index contributed by atoms with van der Waals surface area (Å²) in [5.74, 6) is 2.26. The molecule has 0 radical (unpaired) electrons. The molecule has 1 saturated carbocycles. The van der Waals surface area contributed by atoms with Crippen LogP contribution in [0.3, 0.4) is 0 Å². The van der Waals surface area contributed by atoms with E-state index in [-0.39, 0.29) is 29.8 Å². The van der Waals surface area contributed by atoms with E-state index in [1.807, 2.05) is 12.1 Å². The molecule has 0 saturated heterocycles. The van der Waals surface area contributed by atoms with Crippen molar-refractivity contribution < 1.29 is 18.1 Å². The molecule has 4 unspecified atom stereocenters. The van der Waals surface area contributed by atoms with Crippen LogP contribution in [0.25, 0.3) is 10.8 Å². The number of hydrogen-bond donors (Lipinski definition) is 0. The van der Waals surface area contributed by atoms with Crippen molar-refractivity contribution in [3.8, 4) is 11.5 Å². The summed E-state index contributed by atoms with van der Waals surface area (Å²) >= 11 is 0. The van der Waals surface area contributed by atoms with E-state index >= 15 is 0 Å². The highest BCUT2D eigenvalue weighted by Crippen LogP contribution is 2.46. The summed E-state index contributed by atoms with van der Waals surface area (Å²) in [4.78, 5) is 0. The molecule has 1 fully saturated rings. The lowest BCUT2D eigenvalue weighted by molar-refractivity contribution is 0.136. The number of hydrogen-bond acceptors (Lipinski definition) is 4. The van der Waals surface area contributed by atoms with Crippen LogP contribution in [0.4, 0.5) is 0 Å².